The third kappa shape index (κ3) is 7.17. The second-order valence-electron chi connectivity index (χ2n) is 14.2. The largest absolute Gasteiger partial charge is 0.346 e. The zero-order valence-corrected chi connectivity index (χ0v) is 26.7. The minimum Gasteiger partial charge on any atom is -0.346 e. The monoisotopic (exact) mass is 587 g/mol. The van der Waals surface area contributed by atoms with Crippen LogP contribution in [-0.2, 0) is 19.2 Å². The number of hydrogen-bond donors (Lipinski definition) is 4. The molecule has 3 aliphatic rings. The molecule has 5 amide bonds. The van der Waals surface area contributed by atoms with E-state index in [0.29, 0.717) is 19.4 Å². The van der Waals surface area contributed by atoms with Crippen LogP contribution in [0.2, 0.25) is 0 Å². The van der Waals surface area contributed by atoms with E-state index in [0.717, 1.165) is 38.5 Å². The lowest BCUT2D eigenvalue weighted by molar-refractivity contribution is -0.145. The number of Topliss-reactive ketones (excluding diaryl/α,β-unsaturated/α-hetero) is 1. The van der Waals surface area contributed by atoms with Crippen molar-refractivity contribution in [3.8, 4) is 0 Å². The van der Waals surface area contributed by atoms with Crippen LogP contribution in [0.15, 0.2) is 12.7 Å². The number of likely N-dealkylation sites (tertiary alicyclic amines) is 1. The summed E-state index contributed by atoms with van der Waals surface area (Å²) in [5.41, 5.74) is -1.02. The molecular weight excluding hydrogens is 534 g/mol. The van der Waals surface area contributed by atoms with Crippen molar-refractivity contribution >= 4 is 29.5 Å². The van der Waals surface area contributed by atoms with E-state index >= 15 is 0 Å². The average Bonchev–Trinajstić information content (AvgIpc) is 3.24. The van der Waals surface area contributed by atoms with Crippen LogP contribution in [-0.4, -0.2) is 71.2 Å². The number of amides is 5. The summed E-state index contributed by atoms with van der Waals surface area (Å²) in [7, 11) is 0. The molecule has 4 N–H and O–H groups in total. The number of piperidine rings is 1. The number of carbonyl (C=O) groups is 5. The van der Waals surface area contributed by atoms with Gasteiger partial charge in [0.15, 0.2) is 0 Å². The molecule has 3 fully saturated rings. The summed E-state index contributed by atoms with van der Waals surface area (Å²) in [5, 5.41) is 11.5. The van der Waals surface area contributed by atoms with Crippen molar-refractivity contribution < 1.29 is 24.0 Å². The Morgan fingerprint density at radius 2 is 1.67 bits per heavy atom. The Balaban J connectivity index is 1.81. The first-order valence-electron chi connectivity index (χ1n) is 15.8. The molecule has 5 atom stereocenters. The van der Waals surface area contributed by atoms with Gasteiger partial charge in [-0.25, -0.2) is 4.79 Å². The van der Waals surface area contributed by atoms with E-state index in [1.54, 1.807) is 4.90 Å². The zero-order chi connectivity index (χ0) is 31.5. The number of fused-ring (bicyclic) bond motifs is 1. The van der Waals surface area contributed by atoms with Crippen LogP contribution in [0.25, 0.3) is 0 Å². The Morgan fingerprint density at radius 3 is 2.21 bits per heavy atom. The molecule has 2 aliphatic carbocycles. The van der Waals surface area contributed by atoms with Crippen molar-refractivity contribution in [1.82, 2.24) is 26.2 Å². The van der Waals surface area contributed by atoms with Crippen molar-refractivity contribution in [1.29, 1.82) is 0 Å². The van der Waals surface area contributed by atoms with Gasteiger partial charge in [0, 0.05) is 18.6 Å². The maximum atomic E-state index is 14.2. The first-order valence-corrected chi connectivity index (χ1v) is 15.8. The molecule has 2 saturated carbocycles. The molecular formula is C32H53N5O5. The third-order valence-electron chi connectivity index (χ3n) is 9.86. The summed E-state index contributed by atoms with van der Waals surface area (Å²) in [6.45, 7) is 17.9. The molecule has 0 aromatic rings. The Bertz CT molecular complexity index is 1060. The molecule has 1 saturated heterocycles. The number of nitrogens with one attached hydrogen (secondary N) is 4. The standard InChI is InChI=1S/C32H53N5O5/c1-9-15-21(24(38)27(40)33-18-10-2)34-26(39)23-22-20(31(22,7)8)19-37(23)28(41)25(30(4,5)6)35-29(42)36-32(11-3)16-13-12-14-17-32/h10,20-23,25H,2,9,11-19H2,1,3-8H3,(H,33,40)(H,34,39)(H2,35,36,42)/t20-,21?,22-,23-,25+/m0/s1. The van der Waals surface area contributed by atoms with Gasteiger partial charge in [0.05, 0.1) is 6.04 Å². The number of nitrogens with zero attached hydrogens (tertiary/aromatic N) is 1. The molecule has 0 aromatic carbocycles. The van der Waals surface area contributed by atoms with Gasteiger partial charge in [-0.3, -0.25) is 19.2 Å². The second-order valence-corrected chi connectivity index (χ2v) is 14.2. The molecule has 42 heavy (non-hydrogen) atoms. The topological polar surface area (TPSA) is 137 Å². The predicted molar refractivity (Wildman–Crippen MR) is 162 cm³/mol. The van der Waals surface area contributed by atoms with E-state index in [2.05, 4.69) is 48.6 Å². The normalized spacial score (nSPS) is 25.3. The lowest BCUT2D eigenvalue weighted by Gasteiger charge is -2.40. The Kier molecular flexibility index (Phi) is 10.5. The number of carbonyl (C=O) groups excluding carboxylic acids is 5. The maximum Gasteiger partial charge on any atom is 0.315 e. The molecule has 0 spiro atoms. The van der Waals surface area contributed by atoms with Crippen LogP contribution in [0, 0.1) is 22.7 Å². The van der Waals surface area contributed by atoms with E-state index in [1.807, 2.05) is 27.7 Å². The van der Waals surface area contributed by atoms with Crippen molar-refractivity contribution in [3.63, 3.8) is 0 Å². The first-order chi connectivity index (χ1) is 19.6. The summed E-state index contributed by atoms with van der Waals surface area (Å²) in [6.07, 6.45) is 8.32. The average molecular weight is 588 g/mol. The van der Waals surface area contributed by atoms with Gasteiger partial charge in [-0.1, -0.05) is 80.2 Å². The van der Waals surface area contributed by atoms with Crippen LogP contribution in [0.3, 0.4) is 0 Å². The van der Waals surface area contributed by atoms with Gasteiger partial charge >= 0.3 is 6.03 Å². The highest BCUT2D eigenvalue weighted by molar-refractivity contribution is 6.38. The van der Waals surface area contributed by atoms with Crippen LogP contribution in [0.4, 0.5) is 4.79 Å². The van der Waals surface area contributed by atoms with Gasteiger partial charge in [0.1, 0.15) is 12.1 Å². The lowest BCUT2D eigenvalue weighted by Crippen LogP contribution is -2.63. The fourth-order valence-corrected chi connectivity index (χ4v) is 7.06. The van der Waals surface area contributed by atoms with Gasteiger partial charge in [0.25, 0.3) is 5.91 Å². The number of urea groups is 1. The minimum absolute atomic E-state index is 0.0755. The summed E-state index contributed by atoms with van der Waals surface area (Å²) in [4.78, 5) is 68.2. The first kappa shape index (κ1) is 33.6. The summed E-state index contributed by atoms with van der Waals surface area (Å²) < 4.78 is 0. The highest BCUT2D eigenvalue weighted by Crippen LogP contribution is 2.65. The predicted octanol–water partition coefficient (Wildman–Crippen LogP) is 3.45. The number of rotatable bonds is 12. The van der Waals surface area contributed by atoms with Crippen molar-refractivity contribution in [3.05, 3.63) is 12.7 Å². The van der Waals surface area contributed by atoms with Gasteiger partial charge in [-0.05, 0) is 48.3 Å². The molecule has 3 rings (SSSR count). The number of hydrogen-bond acceptors (Lipinski definition) is 5. The molecule has 1 aliphatic heterocycles. The maximum absolute atomic E-state index is 14.2. The van der Waals surface area contributed by atoms with Crippen molar-refractivity contribution in [2.45, 2.75) is 123 Å². The molecule has 1 unspecified atom stereocenters. The molecule has 0 bridgehead atoms. The van der Waals surface area contributed by atoms with Crippen molar-refractivity contribution in [2.24, 2.45) is 22.7 Å². The number of ketones is 1. The Morgan fingerprint density at radius 1 is 1.02 bits per heavy atom. The van der Waals surface area contributed by atoms with Crippen LogP contribution in [0.5, 0.6) is 0 Å². The molecule has 0 radical (unpaired) electrons. The van der Waals surface area contributed by atoms with Crippen LogP contribution >= 0.6 is 0 Å². The Labute approximate surface area is 251 Å². The molecule has 236 valence electrons. The van der Waals surface area contributed by atoms with E-state index in [4.69, 9.17) is 0 Å². The van der Waals surface area contributed by atoms with Crippen LogP contribution < -0.4 is 21.3 Å². The molecule has 10 heteroatoms. The van der Waals surface area contributed by atoms with Gasteiger partial charge in [0.2, 0.25) is 17.6 Å². The highest BCUT2D eigenvalue weighted by atomic mass is 16.2. The van der Waals surface area contributed by atoms with Gasteiger partial charge in [-0.15, -0.1) is 6.58 Å². The fraction of sp³-hybridized carbons (Fsp3) is 0.781. The SMILES string of the molecule is C=CCNC(=O)C(=O)C(CCC)NC(=O)[C@@H]1[C@@H]2[C@H](CN1C(=O)[C@@H](NC(=O)NC1(CC)CCCCC1)C(C)(C)C)C2(C)C. The van der Waals surface area contributed by atoms with Gasteiger partial charge in [-0.2, -0.15) is 0 Å². The zero-order valence-electron chi connectivity index (χ0n) is 26.7. The van der Waals surface area contributed by atoms with E-state index in [1.165, 1.54) is 6.08 Å². The second kappa shape index (κ2) is 13.2. The summed E-state index contributed by atoms with van der Waals surface area (Å²) in [5.74, 6) is -2.18. The Hall–Kier alpha value is -2.91. The van der Waals surface area contributed by atoms with Crippen molar-refractivity contribution in [2.75, 3.05) is 13.1 Å². The fourth-order valence-electron chi connectivity index (χ4n) is 7.06. The minimum atomic E-state index is -0.992. The van der Waals surface area contributed by atoms with E-state index in [-0.39, 0.29) is 41.3 Å². The molecule has 10 nitrogen and oxygen atoms in total. The van der Waals surface area contributed by atoms with Crippen LogP contribution in [0.1, 0.15) is 99.8 Å². The molecule has 1 heterocycles. The smallest absolute Gasteiger partial charge is 0.315 e. The molecule has 0 aromatic heterocycles. The quantitative estimate of drug-likeness (QED) is 0.205. The van der Waals surface area contributed by atoms with E-state index < -0.39 is 41.1 Å². The van der Waals surface area contributed by atoms with E-state index in [9.17, 15) is 24.0 Å². The van der Waals surface area contributed by atoms with Gasteiger partial charge < -0.3 is 26.2 Å². The summed E-state index contributed by atoms with van der Waals surface area (Å²) >= 11 is 0. The summed E-state index contributed by atoms with van der Waals surface area (Å²) in [6, 6.07) is -3.01. The third-order valence-corrected chi connectivity index (χ3v) is 9.86. The lowest BCUT2D eigenvalue weighted by atomic mass is 9.80. The highest BCUT2D eigenvalue weighted by Gasteiger charge is 2.70.